The quantitative estimate of drug-likeness (QED) is 0.0154. The summed E-state index contributed by atoms with van der Waals surface area (Å²) in [5.41, 5.74) is 12.0. The van der Waals surface area contributed by atoms with Crippen molar-refractivity contribution in [1.82, 2.24) is 31.9 Å². The fraction of sp³-hybridized carbons (Fsp3) is 0.346. The summed E-state index contributed by atoms with van der Waals surface area (Å²) in [6.07, 6.45) is -1.21. The molecule has 1 heterocycles. The first-order valence-corrected chi connectivity index (χ1v) is 26.4. The predicted molar refractivity (Wildman–Crippen MR) is 289 cm³/mol. The molecule has 0 saturated carbocycles. The van der Waals surface area contributed by atoms with Crippen molar-refractivity contribution in [2.24, 2.45) is 28.3 Å². The molecule has 79 heavy (non-hydrogen) atoms. The molecule has 0 spiro atoms. The van der Waals surface area contributed by atoms with Crippen LogP contribution in [0.4, 0.5) is 5.69 Å². The molecule has 2 aliphatic rings. The smallest absolute Gasteiger partial charge is 0.508 e. The zero-order valence-corrected chi connectivity index (χ0v) is 44.9. The van der Waals surface area contributed by atoms with Crippen LogP contribution >= 0.6 is 20.0 Å². The van der Waals surface area contributed by atoms with Gasteiger partial charge in [-0.25, -0.2) is 4.57 Å². The van der Waals surface area contributed by atoms with Gasteiger partial charge in [0.2, 0.25) is 41.4 Å². The fourth-order valence-corrected chi connectivity index (χ4v) is 8.74. The Morgan fingerprint density at radius 3 is 1.94 bits per heavy atom. The fourth-order valence-electron chi connectivity index (χ4n) is 8.24. The molecule has 25 nitrogen and oxygen atoms in total. The Kier molecular flexibility index (Phi) is 21.6. The molecule has 0 aromatic heterocycles. The summed E-state index contributed by atoms with van der Waals surface area (Å²) in [4.78, 5) is 143. The van der Waals surface area contributed by atoms with E-state index in [1.807, 2.05) is 0 Å². The number of nitrogens with two attached hydrogens (primary N) is 2. The number of carbonyl (C=O) groups is 8. The van der Waals surface area contributed by atoms with Crippen LogP contribution in [-0.4, -0.2) is 116 Å². The minimum atomic E-state index is -4.98. The van der Waals surface area contributed by atoms with Crippen molar-refractivity contribution in [2.45, 2.75) is 90.0 Å². The average Bonchev–Trinajstić information content (AvgIpc) is 3.52. The Labute approximate surface area is 456 Å². The highest BCUT2D eigenvalue weighted by Gasteiger charge is 2.33. The highest BCUT2D eigenvalue weighted by atomic mass is 32.1. The molecule has 420 valence electrons. The number of thiocarbonyl (C=S) groups is 1. The number of aromatic hydroxyl groups is 1. The molecule has 5 atom stereocenters. The summed E-state index contributed by atoms with van der Waals surface area (Å²) in [6, 6.07) is 10.7. The van der Waals surface area contributed by atoms with Crippen LogP contribution in [0.25, 0.3) is 33.4 Å². The Bertz CT molecular complexity index is 3230. The molecule has 27 heteroatoms. The van der Waals surface area contributed by atoms with Crippen molar-refractivity contribution < 1.29 is 71.9 Å². The number of nitrogens with one attached hydrogen (secondary N) is 6. The van der Waals surface area contributed by atoms with Crippen LogP contribution in [0.1, 0.15) is 69.3 Å². The van der Waals surface area contributed by atoms with E-state index in [9.17, 15) is 67.7 Å². The SMILES string of the molecule is CC(C)C[C@H](NC(=O)CNC(=O)[C@H](CCC(N)=O)NC(=O)[C@H](Cc1ccc(OP(=O)(O)O)cc1)NC(=O)[C@H](CC(C)C)NC(=O)c1cc(N=C=S)ccc1-c1c2ccc(=O)cc-2oc2cc(O)ccc12)C(=O)N[C@@H](CO)C(N)=O. The number of hydrogen-bond acceptors (Lipinski definition) is 16. The monoisotopic (exact) mass is 1130 g/mol. The number of fused-ring (bicyclic) bond motifs is 2. The van der Waals surface area contributed by atoms with Crippen LogP contribution in [0, 0.1) is 11.8 Å². The van der Waals surface area contributed by atoms with Crippen molar-refractivity contribution in [3.8, 4) is 33.9 Å². The number of aliphatic imine (C=N–C) groups is 1. The topological polar surface area (TPSA) is 411 Å². The maximum absolute atomic E-state index is 14.8. The number of isothiocyanates is 1. The van der Waals surface area contributed by atoms with Gasteiger partial charge in [-0.3, -0.25) is 52.9 Å². The number of nitrogens with zero attached hydrogens (tertiary/aromatic N) is 1. The first-order valence-electron chi connectivity index (χ1n) is 24.5. The number of aliphatic hydroxyl groups excluding tert-OH is 1. The van der Waals surface area contributed by atoms with Crippen molar-refractivity contribution in [2.75, 3.05) is 13.2 Å². The molecule has 0 radical (unpaired) electrons. The molecule has 14 N–H and O–H groups in total. The summed E-state index contributed by atoms with van der Waals surface area (Å²) in [6.45, 7) is 5.42. The average molecular weight is 1130 g/mol. The Morgan fingerprint density at radius 2 is 1.34 bits per heavy atom. The highest BCUT2D eigenvalue weighted by Crippen LogP contribution is 2.43. The van der Waals surface area contributed by atoms with Gasteiger partial charge in [-0.2, -0.15) is 4.99 Å². The lowest BCUT2D eigenvalue weighted by atomic mass is 9.90. The van der Waals surface area contributed by atoms with Gasteiger partial charge >= 0.3 is 7.82 Å². The minimum absolute atomic E-state index is 0.0202. The second kappa shape index (κ2) is 27.8. The number of amides is 8. The number of phosphoric ester groups is 1. The first-order chi connectivity index (χ1) is 37.2. The van der Waals surface area contributed by atoms with E-state index in [-0.39, 0.29) is 81.7 Å². The van der Waals surface area contributed by atoms with Gasteiger partial charge in [0.25, 0.3) is 5.91 Å². The second-order valence-corrected chi connectivity index (χ2v) is 20.4. The molecule has 3 aromatic carbocycles. The number of phenolic OH excluding ortho intramolecular Hbond substituents is 1. The molecular weight excluding hydrogens is 1070 g/mol. The third-order valence-electron chi connectivity index (χ3n) is 11.9. The number of hydrogen-bond donors (Lipinski definition) is 12. The predicted octanol–water partition coefficient (Wildman–Crippen LogP) is 1.71. The summed E-state index contributed by atoms with van der Waals surface area (Å²) >= 11 is 4.85. The van der Waals surface area contributed by atoms with E-state index in [2.05, 4.69) is 46.6 Å². The lowest BCUT2D eigenvalue weighted by Crippen LogP contribution is -2.58. The second-order valence-electron chi connectivity index (χ2n) is 19.1. The van der Waals surface area contributed by atoms with Crippen LogP contribution in [0.5, 0.6) is 11.5 Å². The molecule has 8 amide bonds. The van der Waals surface area contributed by atoms with Crippen molar-refractivity contribution in [3.05, 3.63) is 100 Å². The van der Waals surface area contributed by atoms with Crippen LogP contribution in [0.3, 0.4) is 0 Å². The lowest BCUT2D eigenvalue weighted by Gasteiger charge is -2.26. The van der Waals surface area contributed by atoms with Crippen LogP contribution in [0.15, 0.2) is 93.1 Å². The molecule has 0 bridgehead atoms. The van der Waals surface area contributed by atoms with Crippen molar-refractivity contribution >= 4 is 89.1 Å². The Hall–Kier alpha value is -8.38. The number of benzene rings is 4. The zero-order chi connectivity index (χ0) is 58.3. The van der Waals surface area contributed by atoms with E-state index in [1.54, 1.807) is 45.9 Å². The molecule has 3 aromatic rings. The number of phosphoric acid groups is 1. The third-order valence-corrected chi connectivity index (χ3v) is 12.4. The van der Waals surface area contributed by atoms with E-state index in [0.29, 0.717) is 16.5 Å². The third kappa shape index (κ3) is 18.1. The Morgan fingerprint density at radius 1 is 0.734 bits per heavy atom. The van der Waals surface area contributed by atoms with E-state index < -0.39 is 111 Å². The molecule has 1 aliphatic heterocycles. The van der Waals surface area contributed by atoms with Gasteiger partial charge in [-0.1, -0.05) is 45.9 Å². The van der Waals surface area contributed by atoms with E-state index in [4.69, 9.17) is 28.1 Å². The minimum Gasteiger partial charge on any atom is -0.508 e. The molecular formula is C52H60N9O16PS. The van der Waals surface area contributed by atoms with E-state index >= 15 is 0 Å². The van der Waals surface area contributed by atoms with Gasteiger partial charge in [-0.15, -0.1) is 0 Å². The number of primary amides is 2. The van der Waals surface area contributed by atoms with Gasteiger partial charge < -0.3 is 62.5 Å². The lowest BCUT2D eigenvalue weighted by molar-refractivity contribution is -0.134. The van der Waals surface area contributed by atoms with Crippen molar-refractivity contribution in [3.63, 3.8) is 0 Å². The molecule has 5 rings (SSSR count). The molecule has 0 unspecified atom stereocenters. The summed E-state index contributed by atoms with van der Waals surface area (Å²) in [5, 5.41) is 37.5. The summed E-state index contributed by atoms with van der Waals surface area (Å²) in [5.74, 6) is -8.12. The first kappa shape index (κ1) is 61.5. The largest absolute Gasteiger partial charge is 0.524 e. The van der Waals surface area contributed by atoms with E-state index in [1.165, 1.54) is 60.7 Å². The van der Waals surface area contributed by atoms with Gasteiger partial charge in [0.1, 0.15) is 53.1 Å². The van der Waals surface area contributed by atoms with E-state index in [0.717, 1.165) is 0 Å². The molecule has 1 aliphatic carbocycles. The molecule has 0 fully saturated rings. The van der Waals surface area contributed by atoms with Gasteiger partial charge in [0.05, 0.1) is 24.0 Å². The highest BCUT2D eigenvalue weighted by molar-refractivity contribution is 7.78. The zero-order valence-electron chi connectivity index (χ0n) is 43.1. The maximum Gasteiger partial charge on any atom is 0.524 e. The number of phenols is 1. The maximum atomic E-state index is 14.8. The normalized spacial score (nSPS) is 13.2. The number of rotatable bonds is 27. The van der Waals surface area contributed by atoms with Gasteiger partial charge in [0.15, 0.2) is 5.43 Å². The van der Waals surface area contributed by atoms with Gasteiger partial charge in [-0.05, 0) is 103 Å². The van der Waals surface area contributed by atoms with Crippen molar-refractivity contribution in [1.29, 1.82) is 0 Å². The number of aliphatic hydroxyl groups is 1. The summed E-state index contributed by atoms with van der Waals surface area (Å²) in [7, 11) is -4.98. The van der Waals surface area contributed by atoms with Crippen LogP contribution < -0.4 is 53.3 Å². The van der Waals surface area contributed by atoms with Gasteiger partial charge in [0, 0.05) is 47.1 Å². The molecule has 0 saturated heterocycles. The summed E-state index contributed by atoms with van der Waals surface area (Å²) < 4.78 is 22.2. The van der Waals surface area contributed by atoms with Crippen LogP contribution in [0.2, 0.25) is 0 Å². The standard InChI is InChI=1S/C52H60N9O16PS/c1-26(2)17-38(50(70)61-41(24-62)47(54)67)57-45(66)23-55-49(69)37(15-16-44(53)65)58-52(72)40(19-28-5-10-32(11-6-28)77-78(73,74)75)60-51(71)39(18-27(3)4)59-48(68)36-20-29(56-25-79)7-12-33(36)46-34-13-8-30(63)21-42(34)76-43-22-31(64)9-14-35(43)46/h5-14,20-22,26-27,37-41,62-63H,15-19,23-24H2,1-4H3,(H2,53,65)(H2,54,67)(H,55,69)(H,57,66)(H,58,72)(H,59,68)(H,60,71)(H,61,70)(H2,73,74,75)/t37-,38-,39-,40-,41-/m0/s1. The number of carbonyl (C=O) groups excluding carboxylic acids is 8. The van der Waals surface area contributed by atoms with Crippen LogP contribution in [-0.2, 0) is 44.5 Å². The Balaban J connectivity index is 1.48.